The number of hydrogen-bond donors (Lipinski definition) is 2. The summed E-state index contributed by atoms with van der Waals surface area (Å²) >= 11 is 0. The molecule has 2 aliphatic rings. The van der Waals surface area contributed by atoms with Crippen molar-refractivity contribution in [3.63, 3.8) is 0 Å². The van der Waals surface area contributed by atoms with Crippen LogP contribution in [0, 0.1) is 0 Å². The second-order valence-corrected chi connectivity index (χ2v) is 9.30. The summed E-state index contributed by atoms with van der Waals surface area (Å²) in [6.07, 6.45) is 2.77. The monoisotopic (exact) mass is 534 g/mol. The fourth-order valence-electron chi connectivity index (χ4n) is 4.87. The number of fused-ring (bicyclic) bond motifs is 1. The van der Waals surface area contributed by atoms with E-state index in [1.807, 2.05) is 24.3 Å². The van der Waals surface area contributed by atoms with Gasteiger partial charge < -0.3 is 29.5 Å². The maximum Gasteiger partial charge on any atom is 0.359 e. The molecule has 39 heavy (non-hydrogen) atoms. The molecular formula is C28H30N4O7. The Bertz CT molecular complexity index is 1350. The Morgan fingerprint density at radius 3 is 2.23 bits per heavy atom. The summed E-state index contributed by atoms with van der Waals surface area (Å²) in [5.41, 5.74) is 2.75. The lowest BCUT2D eigenvalue weighted by molar-refractivity contribution is -0.119. The van der Waals surface area contributed by atoms with Crippen LogP contribution < -0.4 is 9.80 Å². The molecule has 3 heterocycles. The van der Waals surface area contributed by atoms with Crippen molar-refractivity contribution in [2.24, 2.45) is 0 Å². The second kappa shape index (κ2) is 11.7. The van der Waals surface area contributed by atoms with Gasteiger partial charge in [-0.15, -0.1) is 0 Å². The van der Waals surface area contributed by atoms with Crippen LogP contribution in [0.5, 0.6) is 5.75 Å². The summed E-state index contributed by atoms with van der Waals surface area (Å²) in [6, 6.07) is 13.5. The number of carbonyl (C=O) groups is 3. The van der Waals surface area contributed by atoms with Gasteiger partial charge in [-0.05, 0) is 67.8 Å². The fourth-order valence-corrected chi connectivity index (χ4v) is 4.87. The maximum absolute atomic E-state index is 13.8. The van der Waals surface area contributed by atoms with Crippen LogP contribution >= 0.6 is 0 Å². The number of anilines is 2. The number of aromatic hydroxyl groups is 1. The minimum Gasteiger partial charge on any atom is -0.508 e. The van der Waals surface area contributed by atoms with Crippen LogP contribution in [0.3, 0.4) is 0 Å². The Labute approximate surface area is 225 Å². The fraction of sp³-hybridized carbons (Fsp3) is 0.357. The number of rotatable bonds is 9. The zero-order chi connectivity index (χ0) is 27.4. The van der Waals surface area contributed by atoms with E-state index in [1.54, 1.807) is 21.9 Å². The average molecular weight is 535 g/mol. The van der Waals surface area contributed by atoms with Crippen LogP contribution in [-0.4, -0.2) is 77.3 Å². The topological polar surface area (TPSA) is 134 Å². The molecule has 11 heteroatoms. The van der Waals surface area contributed by atoms with E-state index in [9.17, 15) is 19.5 Å². The number of aliphatic hydroxyl groups excluding tert-OH is 1. The summed E-state index contributed by atoms with van der Waals surface area (Å²) in [7, 11) is 0. The highest BCUT2D eigenvalue weighted by Crippen LogP contribution is 2.31. The standard InChI is InChI=1S/C28H30N4O7/c33-15-16-38-17-18-39-28(37)25-23-12-14-31(20-6-4-19(5-7-20)30-13-2-1-3-24(30)35)27(36)26(23)32(29-25)21-8-10-22(34)11-9-21/h4-11,33-34H,1-3,12-18H2. The lowest BCUT2D eigenvalue weighted by atomic mass is 10.0. The van der Waals surface area contributed by atoms with E-state index < -0.39 is 5.97 Å². The first kappa shape index (κ1) is 26.4. The Hall–Kier alpha value is -4.22. The third kappa shape index (κ3) is 5.50. The molecule has 5 rings (SSSR count). The SMILES string of the molecule is O=C(OCCOCCO)c1nn(-c2ccc(O)cc2)c2c1CCN(c1ccc(N3CCCCC3=O)cc1)C2=O. The number of piperidine rings is 1. The van der Waals surface area contributed by atoms with Crippen LogP contribution in [0.2, 0.25) is 0 Å². The van der Waals surface area contributed by atoms with Crippen LogP contribution in [0.1, 0.15) is 45.8 Å². The van der Waals surface area contributed by atoms with Gasteiger partial charge in [-0.2, -0.15) is 5.10 Å². The van der Waals surface area contributed by atoms with Crippen molar-refractivity contribution in [3.8, 4) is 11.4 Å². The quantitative estimate of drug-likeness (QED) is 0.316. The van der Waals surface area contributed by atoms with E-state index in [4.69, 9.17) is 14.6 Å². The van der Waals surface area contributed by atoms with Crippen LogP contribution in [0.15, 0.2) is 48.5 Å². The first-order chi connectivity index (χ1) is 19.0. The number of hydrogen-bond acceptors (Lipinski definition) is 8. The van der Waals surface area contributed by atoms with Crippen molar-refractivity contribution in [2.45, 2.75) is 25.7 Å². The van der Waals surface area contributed by atoms with Crippen LogP contribution in [-0.2, 0) is 20.7 Å². The van der Waals surface area contributed by atoms with Crippen LogP contribution in [0.4, 0.5) is 11.4 Å². The lowest BCUT2D eigenvalue weighted by Crippen LogP contribution is -2.39. The zero-order valence-electron chi connectivity index (χ0n) is 21.4. The molecule has 0 spiro atoms. The average Bonchev–Trinajstić information content (AvgIpc) is 3.35. The molecule has 2 aliphatic heterocycles. The first-order valence-corrected chi connectivity index (χ1v) is 13.0. The minimum absolute atomic E-state index is 0.0222. The molecule has 0 saturated carbocycles. The molecule has 0 atom stereocenters. The van der Waals surface area contributed by atoms with Gasteiger partial charge in [-0.25, -0.2) is 9.48 Å². The smallest absolute Gasteiger partial charge is 0.359 e. The van der Waals surface area contributed by atoms with E-state index in [0.29, 0.717) is 42.9 Å². The number of benzene rings is 2. The molecule has 11 nitrogen and oxygen atoms in total. The number of carbonyl (C=O) groups excluding carboxylic acids is 3. The van der Waals surface area contributed by atoms with Crippen molar-refractivity contribution in [1.29, 1.82) is 0 Å². The first-order valence-electron chi connectivity index (χ1n) is 13.0. The third-order valence-corrected chi connectivity index (χ3v) is 6.80. The highest BCUT2D eigenvalue weighted by atomic mass is 16.6. The van der Waals surface area contributed by atoms with Gasteiger partial charge >= 0.3 is 5.97 Å². The van der Waals surface area contributed by atoms with Gasteiger partial charge in [-0.1, -0.05) is 0 Å². The van der Waals surface area contributed by atoms with Crippen LogP contribution in [0.25, 0.3) is 5.69 Å². The number of aliphatic hydroxyl groups is 1. The highest BCUT2D eigenvalue weighted by molar-refractivity contribution is 6.09. The van der Waals surface area contributed by atoms with Gasteiger partial charge in [0.15, 0.2) is 5.69 Å². The summed E-state index contributed by atoms with van der Waals surface area (Å²) in [5, 5.41) is 23.0. The summed E-state index contributed by atoms with van der Waals surface area (Å²) in [5.74, 6) is -0.843. The summed E-state index contributed by atoms with van der Waals surface area (Å²) in [4.78, 5) is 42.5. The summed E-state index contributed by atoms with van der Waals surface area (Å²) < 4.78 is 11.9. The van der Waals surface area contributed by atoms with Gasteiger partial charge in [0.2, 0.25) is 5.91 Å². The molecule has 204 valence electrons. The Kier molecular flexibility index (Phi) is 7.89. The second-order valence-electron chi connectivity index (χ2n) is 9.30. The number of aromatic nitrogens is 2. The van der Waals surface area contributed by atoms with Crippen molar-refractivity contribution < 1.29 is 34.1 Å². The van der Waals surface area contributed by atoms with Gasteiger partial charge in [0.1, 0.15) is 18.1 Å². The normalized spacial score (nSPS) is 15.4. The molecule has 2 amide bonds. The van der Waals surface area contributed by atoms with Crippen molar-refractivity contribution in [2.75, 3.05) is 49.3 Å². The third-order valence-electron chi connectivity index (χ3n) is 6.80. The molecule has 1 fully saturated rings. The molecule has 0 radical (unpaired) electrons. The molecule has 3 aromatic rings. The van der Waals surface area contributed by atoms with E-state index in [0.717, 1.165) is 18.5 Å². The number of phenols is 1. The van der Waals surface area contributed by atoms with Gasteiger partial charge in [0.05, 0.1) is 25.5 Å². The van der Waals surface area contributed by atoms with Crippen molar-refractivity contribution in [1.82, 2.24) is 9.78 Å². The number of esters is 1. The molecular weight excluding hydrogens is 504 g/mol. The number of ether oxygens (including phenoxy) is 2. The van der Waals surface area contributed by atoms with E-state index in [2.05, 4.69) is 5.10 Å². The molecule has 1 aromatic heterocycles. The number of nitrogens with zero attached hydrogens (tertiary/aromatic N) is 4. The Morgan fingerprint density at radius 1 is 0.846 bits per heavy atom. The van der Waals surface area contributed by atoms with Crippen molar-refractivity contribution in [3.05, 3.63) is 65.5 Å². The van der Waals surface area contributed by atoms with E-state index in [-0.39, 0.29) is 55.4 Å². The zero-order valence-corrected chi connectivity index (χ0v) is 21.4. The Balaban J connectivity index is 1.43. The van der Waals surface area contributed by atoms with Gasteiger partial charge in [0, 0.05) is 36.4 Å². The highest BCUT2D eigenvalue weighted by Gasteiger charge is 2.35. The van der Waals surface area contributed by atoms with Gasteiger partial charge in [-0.3, -0.25) is 9.59 Å². The molecule has 2 N–H and O–H groups in total. The lowest BCUT2D eigenvalue weighted by Gasteiger charge is -2.29. The molecule has 0 bridgehead atoms. The summed E-state index contributed by atoms with van der Waals surface area (Å²) in [6.45, 7) is 1.13. The number of phenolic OH excluding ortho intramolecular Hbond substituents is 1. The molecule has 0 aliphatic carbocycles. The minimum atomic E-state index is -0.673. The van der Waals surface area contributed by atoms with Gasteiger partial charge in [0.25, 0.3) is 5.91 Å². The maximum atomic E-state index is 13.8. The van der Waals surface area contributed by atoms with E-state index >= 15 is 0 Å². The predicted octanol–water partition coefficient (Wildman–Crippen LogP) is 2.46. The van der Waals surface area contributed by atoms with E-state index in [1.165, 1.54) is 16.8 Å². The Morgan fingerprint density at radius 2 is 1.54 bits per heavy atom. The molecule has 1 saturated heterocycles. The number of amides is 2. The largest absolute Gasteiger partial charge is 0.508 e. The predicted molar refractivity (Wildman–Crippen MR) is 141 cm³/mol. The molecule has 0 unspecified atom stereocenters. The van der Waals surface area contributed by atoms with Crippen molar-refractivity contribution >= 4 is 29.2 Å². The molecule has 2 aromatic carbocycles.